The zero-order valence-corrected chi connectivity index (χ0v) is 14.8. The lowest BCUT2D eigenvalue weighted by Crippen LogP contribution is -2.41. The molecule has 0 aliphatic carbocycles. The number of aliphatic hydroxyl groups excluding tert-OH is 2. The Kier molecular flexibility index (Phi) is 5.95. The molecule has 3 heterocycles. The van der Waals surface area contributed by atoms with Crippen molar-refractivity contribution < 1.29 is 29.0 Å². The van der Waals surface area contributed by atoms with Gasteiger partial charge in [0, 0.05) is 19.6 Å². The predicted molar refractivity (Wildman–Crippen MR) is 91.3 cm³/mol. The third kappa shape index (κ3) is 4.25. The van der Waals surface area contributed by atoms with Gasteiger partial charge in [0.15, 0.2) is 5.76 Å². The van der Waals surface area contributed by atoms with Gasteiger partial charge in [-0.05, 0) is 30.9 Å². The van der Waals surface area contributed by atoms with E-state index in [9.17, 15) is 19.8 Å². The number of nitrogens with zero attached hydrogens (tertiary/aromatic N) is 1. The van der Waals surface area contributed by atoms with Gasteiger partial charge >= 0.3 is 0 Å². The van der Waals surface area contributed by atoms with E-state index in [4.69, 9.17) is 9.15 Å². The van der Waals surface area contributed by atoms with Crippen LogP contribution in [0.4, 0.5) is 0 Å². The zero-order chi connectivity index (χ0) is 18.7. The first-order valence-electron chi connectivity index (χ1n) is 9.06. The van der Waals surface area contributed by atoms with Crippen LogP contribution in [0.15, 0.2) is 22.8 Å². The summed E-state index contributed by atoms with van der Waals surface area (Å²) >= 11 is 0. The van der Waals surface area contributed by atoms with Gasteiger partial charge in [0.05, 0.1) is 18.8 Å². The fraction of sp³-hybridized carbons (Fsp3) is 0.667. The largest absolute Gasteiger partial charge is 0.459 e. The lowest BCUT2D eigenvalue weighted by molar-refractivity contribution is -0.136. The summed E-state index contributed by atoms with van der Waals surface area (Å²) in [7, 11) is 0. The molecule has 2 fully saturated rings. The number of carbonyl (C=O) groups excluding carboxylic acids is 2. The third-order valence-electron chi connectivity index (χ3n) is 5.18. The first-order chi connectivity index (χ1) is 12.5. The van der Waals surface area contributed by atoms with E-state index in [0.717, 1.165) is 12.8 Å². The lowest BCUT2D eigenvalue weighted by Gasteiger charge is -2.31. The standard InChI is InChI=1S/C18H26N2O6/c1-11-4-6-20(7-5-11)15(21)9-13-16(22)17(23)14(26-13)10-19-18(24)12-3-2-8-25-12/h2-3,8,11,13-14,16-17,22-23H,4-7,9-10H2,1H3,(H,19,24). The number of piperidine rings is 1. The number of carbonyl (C=O) groups is 2. The molecule has 0 bridgehead atoms. The number of nitrogens with one attached hydrogen (secondary N) is 1. The molecular weight excluding hydrogens is 340 g/mol. The van der Waals surface area contributed by atoms with Crippen LogP contribution in [-0.2, 0) is 9.53 Å². The predicted octanol–water partition coefficient (Wildman–Crippen LogP) is 0.147. The summed E-state index contributed by atoms with van der Waals surface area (Å²) in [6, 6.07) is 3.12. The second kappa shape index (κ2) is 8.20. The van der Waals surface area contributed by atoms with Crippen LogP contribution in [0, 0.1) is 5.92 Å². The van der Waals surface area contributed by atoms with Gasteiger partial charge in [-0.3, -0.25) is 9.59 Å². The fourth-order valence-electron chi connectivity index (χ4n) is 3.41. The molecule has 0 saturated carbocycles. The Balaban J connectivity index is 1.49. The van der Waals surface area contributed by atoms with Crippen LogP contribution >= 0.6 is 0 Å². The molecule has 4 unspecified atom stereocenters. The molecule has 26 heavy (non-hydrogen) atoms. The lowest BCUT2D eigenvalue weighted by atomic mass is 9.98. The van der Waals surface area contributed by atoms with E-state index in [2.05, 4.69) is 12.2 Å². The number of rotatable bonds is 5. The van der Waals surface area contributed by atoms with Crippen molar-refractivity contribution in [1.82, 2.24) is 10.2 Å². The number of amides is 2. The Hall–Kier alpha value is -1.90. The first kappa shape index (κ1) is 18.9. The molecule has 0 spiro atoms. The van der Waals surface area contributed by atoms with E-state index < -0.39 is 30.3 Å². The monoisotopic (exact) mass is 366 g/mol. The van der Waals surface area contributed by atoms with Crippen molar-refractivity contribution >= 4 is 11.8 Å². The molecule has 8 heteroatoms. The molecule has 3 rings (SSSR count). The molecule has 2 saturated heterocycles. The molecular formula is C18H26N2O6. The molecule has 0 radical (unpaired) electrons. The van der Waals surface area contributed by atoms with Crippen LogP contribution in [0.3, 0.4) is 0 Å². The Morgan fingerprint density at radius 2 is 1.92 bits per heavy atom. The molecule has 1 aromatic rings. The van der Waals surface area contributed by atoms with Crippen LogP contribution in [0.1, 0.15) is 36.7 Å². The van der Waals surface area contributed by atoms with Gasteiger partial charge in [0.2, 0.25) is 5.91 Å². The second-order valence-corrected chi connectivity index (χ2v) is 7.15. The minimum absolute atomic E-state index is 0.0175. The fourth-order valence-corrected chi connectivity index (χ4v) is 3.41. The van der Waals surface area contributed by atoms with Crippen LogP contribution < -0.4 is 5.32 Å². The highest BCUT2D eigenvalue weighted by Crippen LogP contribution is 2.25. The highest BCUT2D eigenvalue weighted by Gasteiger charge is 2.44. The van der Waals surface area contributed by atoms with Gasteiger partial charge in [-0.1, -0.05) is 6.92 Å². The van der Waals surface area contributed by atoms with Gasteiger partial charge in [0.1, 0.15) is 18.3 Å². The topological polar surface area (TPSA) is 112 Å². The maximum absolute atomic E-state index is 12.4. The second-order valence-electron chi connectivity index (χ2n) is 7.15. The molecule has 2 amide bonds. The van der Waals surface area contributed by atoms with Crippen molar-refractivity contribution in [3.63, 3.8) is 0 Å². The average Bonchev–Trinajstić information content (AvgIpc) is 3.25. The van der Waals surface area contributed by atoms with Gasteiger partial charge in [-0.2, -0.15) is 0 Å². The maximum atomic E-state index is 12.4. The van der Waals surface area contributed by atoms with E-state index in [1.54, 1.807) is 11.0 Å². The normalized spacial score (nSPS) is 29.7. The van der Waals surface area contributed by atoms with E-state index in [0.29, 0.717) is 19.0 Å². The van der Waals surface area contributed by atoms with Crippen LogP contribution in [-0.4, -0.2) is 71.0 Å². The van der Waals surface area contributed by atoms with Crippen molar-refractivity contribution in [2.45, 2.75) is 50.6 Å². The van der Waals surface area contributed by atoms with E-state index >= 15 is 0 Å². The quantitative estimate of drug-likeness (QED) is 0.684. The Labute approximate surface area is 152 Å². The van der Waals surface area contributed by atoms with Crippen LogP contribution in [0.5, 0.6) is 0 Å². The number of furan rings is 1. The Morgan fingerprint density at radius 3 is 2.58 bits per heavy atom. The van der Waals surface area contributed by atoms with E-state index in [-0.39, 0.29) is 24.6 Å². The van der Waals surface area contributed by atoms with Crippen LogP contribution in [0.2, 0.25) is 0 Å². The summed E-state index contributed by atoms with van der Waals surface area (Å²) in [5, 5.41) is 22.9. The summed E-state index contributed by atoms with van der Waals surface area (Å²) in [6.45, 7) is 3.62. The summed E-state index contributed by atoms with van der Waals surface area (Å²) in [5.74, 6) is 0.274. The van der Waals surface area contributed by atoms with Crippen LogP contribution in [0.25, 0.3) is 0 Å². The van der Waals surface area contributed by atoms with E-state index in [1.807, 2.05) is 0 Å². The summed E-state index contributed by atoms with van der Waals surface area (Å²) in [6.07, 6.45) is -0.504. The molecule has 8 nitrogen and oxygen atoms in total. The van der Waals surface area contributed by atoms with Crippen molar-refractivity contribution in [2.24, 2.45) is 5.92 Å². The Bertz CT molecular complexity index is 611. The summed E-state index contributed by atoms with van der Waals surface area (Å²) < 4.78 is 10.6. The van der Waals surface area contributed by atoms with Crippen molar-refractivity contribution in [1.29, 1.82) is 0 Å². The highest BCUT2D eigenvalue weighted by atomic mass is 16.5. The maximum Gasteiger partial charge on any atom is 0.287 e. The van der Waals surface area contributed by atoms with Gasteiger partial charge in [-0.25, -0.2) is 0 Å². The molecule has 144 valence electrons. The molecule has 2 aliphatic rings. The van der Waals surface area contributed by atoms with Gasteiger partial charge in [0.25, 0.3) is 5.91 Å². The number of hydrogen-bond donors (Lipinski definition) is 3. The molecule has 4 atom stereocenters. The van der Waals surface area contributed by atoms with Gasteiger partial charge in [-0.15, -0.1) is 0 Å². The minimum Gasteiger partial charge on any atom is -0.459 e. The number of hydrogen-bond acceptors (Lipinski definition) is 6. The van der Waals surface area contributed by atoms with Crippen molar-refractivity contribution in [3.05, 3.63) is 24.2 Å². The Morgan fingerprint density at radius 1 is 1.23 bits per heavy atom. The smallest absolute Gasteiger partial charge is 0.287 e. The molecule has 0 aromatic carbocycles. The number of likely N-dealkylation sites (tertiary alicyclic amines) is 1. The molecule has 2 aliphatic heterocycles. The number of ether oxygens (including phenoxy) is 1. The highest BCUT2D eigenvalue weighted by molar-refractivity contribution is 5.91. The number of aliphatic hydroxyl groups is 2. The van der Waals surface area contributed by atoms with Crippen molar-refractivity contribution in [3.8, 4) is 0 Å². The molecule has 3 N–H and O–H groups in total. The van der Waals surface area contributed by atoms with Crippen molar-refractivity contribution in [2.75, 3.05) is 19.6 Å². The van der Waals surface area contributed by atoms with E-state index in [1.165, 1.54) is 12.3 Å². The minimum atomic E-state index is -1.16. The summed E-state index contributed by atoms with van der Waals surface area (Å²) in [5.41, 5.74) is 0. The third-order valence-corrected chi connectivity index (χ3v) is 5.18. The summed E-state index contributed by atoms with van der Waals surface area (Å²) in [4.78, 5) is 26.1. The zero-order valence-electron chi connectivity index (χ0n) is 14.8. The molecule has 1 aromatic heterocycles. The van der Waals surface area contributed by atoms with Gasteiger partial charge < -0.3 is 29.6 Å². The SMILES string of the molecule is CC1CCN(C(=O)CC2OC(CNC(=O)c3ccco3)C(O)C2O)CC1. The first-order valence-corrected chi connectivity index (χ1v) is 9.06. The average molecular weight is 366 g/mol.